The fourth-order valence-corrected chi connectivity index (χ4v) is 4.27. The molecule has 200 valence electrons. The molecule has 0 radical (unpaired) electrons. The van der Waals surface area contributed by atoms with Crippen LogP contribution in [0.3, 0.4) is 0 Å². The van der Waals surface area contributed by atoms with E-state index in [2.05, 4.69) is 47.7 Å². The lowest BCUT2D eigenvalue weighted by Gasteiger charge is -2.20. The molecule has 0 fully saturated rings. The van der Waals surface area contributed by atoms with Gasteiger partial charge < -0.3 is 19.5 Å². The molecule has 0 spiro atoms. The molecule has 3 rings (SSSR count). The SMILES string of the molecule is COc1ccc(C(=O)NC(C(=O)N/N=C/c2cc(Br)c(OCc3ccc(Br)cc3)c(OC)c2)C(C)C)cc1. The minimum Gasteiger partial charge on any atom is -0.497 e. The summed E-state index contributed by atoms with van der Waals surface area (Å²) in [5.74, 6) is 0.746. The normalized spacial score (nSPS) is 11.8. The molecule has 3 aromatic rings. The van der Waals surface area contributed by atoms with E-state index in [1.165, 1.54) is 6.21 Å². The summed E-state index contributed by atoms with van der Waals surface area (Å²) in [4.78, 5) is 25.5. The summed E-state index contributed by atoms with van der Waals surface area (Å²) in [6, 6.07) is 17.3. The number of rotatable bonds is 11. The van der Waals surface area contributed by atoms with E-state index in [0.29, 0.717) is 39.5 Å². The number of amides is 2. The van der Waals surface area contributed by atoms with Crippen LogP contribution in [0.2, 0.25) is 0 Å². The van der Waals surface area contributed by atoms with E-state index in [1.54, 1.807) is 50.6 Å². The predicted molar refractivity (Wildman–Crippen MR) is 154 cm³/mol. The minimum atomic E-state index is -0.780. The van der Waals surface area contributed by atoms with Crippen molar-refractivity contribution >= 4 is 49.9 Å². The zero-order valence-corrected chi connectivity index (χ0v) is 24.6. The minimum absolute atomic E-state index is 0.163. The molecule has 1 atom stereocenters. The Kier molecular flexibility index (Phi) is 10.7. The molecule has 0 heterocycles. The van der Waals surface area contributed by atoms with Gasteiger partial charge in [0, 0.05) is 10.0 Å². The van der Waals surface area contributed by atoms with Gasteiger partial charge >= 0.3 is 0 Å². The first-order chi connectivity index (χ1) is 18.2. The maximum Gasteiger partial charge on any atom is 0.262 e. The van der Waals surface area contributed by atoms with Gasteiger partial charge in [-0.25, -0.2) is 5.43 Å². The van der Waals surface area contributed by atoms with Gasteiger partial charge in [0.1, 0.15) is 18.4 Å². The Morgan fingerprint density at radius 3 is 2.26 bits per heavy atom. The van der Waals surface area contributed by atoms with Crippen LogP contribution in [0.15, 0.2) is 74.7 Å². The standard InChI is InChI=1S/C28H29Br2N3O5/c1-17(2)25(32-27(34)20-7-11-22(36-3)12-8-20)28(35)33-31-15-19-13-23(30)26(24(14-19)37-4)38-16-18-5-9-21(29)10-6-18/h5-15,17,25H,16H2,1-4H3,(H,32,34)(H,33,35)/b31-15+. The number of hydrogen-bond donors (Lipinski definition) is 2. The lowest BCUT2D eigenvalue weighted by Crippen LogP contribution is -2.48. The summed E-state index contributed by atoms with van der Waals surface area (Å²) >= 11 is 6.95. The van der Waals surface area contributed by atoms with E-state index in [4.69, 9.17) is 14.2 Å². The van der Waals surface area contributed by atoms with Crippen molar-refractivity contribution in [1.29, 1.82) is 0 Å². The van der Waals surface area contributed by atoms with E-state index in [0.717, 1.165) is 10.0 Å². The zero-order chi connectivity index (χ0) is 27.7. The Hall–Kier alpha value is -3.37. The van der Waals surface area contributed by atoms with Crippen LogP contribution < -0.4 is 25.0 Å². The summed E-state index contributed by atoms with van der Waals surface area (Å²) in [5, 5.41) is 6.85. The largest absolute Gasteiger partial charge is 0.497 e. The first-order valence-corrected chi connectivity index (χ1v) is 13.3. The number of nitrogens with zero attached hydrogens (tertiary/aromatic N) is 1. The van der Waals surface area contributed by atoms with Crippen molar-refractivity contribution in [3.63, 3.8) is 0 Å². The zero-order valence-electron chi connectivity index (χ0n) is 21.5. The van der Waals surface area contributed by atoms with Crippen molar-refractivity contribution in [1.82, 2.24) is 10.7 Å². The summed E-state index contributed by atoms with van der Waals surface area (Å²) < 4.78 is 18.3. The lowest BCUT2D eigenvalue weighted by molar-refractivity contribution is -0.123. The fraction of sp³-hybridized carbons (Fsp3) is 0.250. The second-order valence-corrected chi connectivity index (χ2v) is 10.4. The van der Waals surface area contributed by atoms with E-state index in [9.17, 15) is 9.59 Å². The number of benzene rings is 3. The van der Waals surface area contributed by atoms with Gasteiger partial charge in [-0.2, -0.15) is 5.10 Å². The molecule has 8 nitrogen and oxygen atoms in total. The molecule has 0 saturated heterocycles. The second-order valence-electron chi connectivity index (χ2n) is 8.61. The highest BCUT2D eigenvalue weighted by Gasteiger charge is 2.24. The predicted octanol–water partition coefficient (Wildman–Crippen LogP) is 5.71. The third kappa shape index (κ3) is 8.06. The number of carbonyl (C=O) groups excluding carboxylic acids is 2. The van der Waals surface area contributed by atoms with Crippen molar-refractivity contribution in [3.8, 4) is 17.2 Å². The number of nitrogens with one attached hydrogen (secondary N) is 2. The Balaban J connectivity index is 1.64. The smallest absolute Gasteiger partial charge is 0.262 e. The molecular formula is C28H29Br2N3O5. The number of carbonyl (C=O) groups is 2. The third-order valence-electron chi connectivity index (χ3n) is 5.52. The van der Waals surface area contributed by atoms with Gasteiger partial charge in [-0.05, 0) is 81.5 Å². The summed E-state index contributed by atoms with van der Waals surface area (Å²) in [7, 11) is 3.10. The lowest BCUT2D eigenvalue weighted by atomic mass is 10.0. The van der Waals surface area contributed by atoms with Crippen LogP contribution in [0.1, 0.15) is 35.3 Å². The first-order valence-electron chi connectivity index (χ1n) is 11.7. The van der Waals surface area contributed by atoms with Gasteiger partial charge in [0.05, 0.1) is 24.9 Å². The van der Waals surface area contributed by atoms with E-state index in [-0.39, 0.29) is 11.8 Å². The van der Waals surface area contributed by atoms with Crippen LogP contribution in [0, 0.1) is 5.92 Å². The summed E-state index contributed by atoms with van der Waals surface area (Å²) in [5.41, 5.74) is 4.62. The highest BCUT2D eigenvalue weighted by atomic mass is 79.9. The molecule has 38 heavy (non-hydrogen) atoms. The first kappa shape index (κ1) is 29.2. The molecule has 10 heteroatoms. The molecule has 2 amide bonds. The van der Waals surface area contributed by atoms with E-state index < -0.39 is 11.9 Å². The maximum absolute atomic E-state index is 12.8. The Bertz CT molecular complexity index is 1280. The quantitative estimate of drug-likeness (QED) is 0.205. The number of ether oxygens (including phenoxy) is 3. The van der Waals surface area contributed by atoms with Crippen LogP contribution in [-0.2, 0) is 11.4 Å². The van der Waals surface area contributed by atoms with Crippen molar-refractivity contribution in [2.75, 3.05) is 14.2 Å². The Morgan fingerprint density at radius 1 is 0.974 bits per heavy atom. The van der Waals surface area contributed by atoms with Crippen LogP contribution in [0.5, 0.6) is 17.2 Å². The van der Waals surface area contributed by atoms with E-state index >= 15 is 0 Å². The summed E-state index contributed by atoms with van der Waals surface area (Å²) in [6.07, 6.45) is 1.49. The van der Waals surface area contributed by atoms with Gasteiger partial charge in [-0.15, -0.1) is 0 Å². The molecule has 0 aliphatic carbocycles. The third-order valence-corrected chi connectivity index (χ3v) is 6.64. The van der Waals surface area contributed by atoms with Crippen LogP contribution in [0.4, 0.5) is 0 Å². The fourth-order valence-electron chi connectivity index (χ4n) is 3.43. The summed E-state index contributed by atoms with van der Waals surface area (Å²) in [6.45, 7) is 4.05. The molecule has 2 N–H and O–H groups in total. The average Bonchev–Trinajstić information content (AvgIpc) is 2.91. The Morgan fingerprint density at radius 2 is 1.66 bits per heavy atom. The van der Waals surface area contributed by atoms with Crippen LogP contribution in [0.25, 0.3) is 0 Å². The Labute approximate surface area is 239 Å². The second kappa shape index (κ2) is 14.0. The van der Waals surface area contributed by atoms with E-state index in [1.807, 2.05) is 38.1 Å². The molecule has 0 aliphatic heterocycles. The number of methoxy groups -OCH3 is 2. The molecule has 0 aliphatic rings. The van der Waals surface area contributed by atoms with Gasteiger partial charge in [-0.3, -0.25) is 9.59 Å². The van der Waals surface area contributed by atoms with Crippen molar-refractivity contribution in [3.05, 3.63) is 86.3 Å². The van der Waals surface area contributed by atoms with Crippen molar-refractivity contribution in [2.45, 2.75) is 26.5 Å². The molecular weight excluding hydrogens is 618 g/mol. The number of halogens is 2. The van der Waals surface area contributed by atoms with Crippen LogP contribution in [-0.4, -0.2) is 38.3 Å². The molecule has 0 bridgehead atoms. The molecule has 0 aromatic heterocycles. The number of hydrazone groups is 1. The molecule has 0 saturated carbocycles. The van der Waals surface area contributed by atoms with Gasteiger partial charge in [0.2, 0.25) is 0 Å². The highest BCUT2D eigenvalue weighted by Crippen LogP contribution is 2.37. The van der Waals surface area contributed by atoms with Gasteiger partial charge in [0.15, 0.2) is 11.5 Å². The van der Waals surface area contributed by atoms with Gasteiger partial charge in [0.25, 0.3) is 11.8 Å². The topological polar surface area (TPSA) is 98.2 Å². The molecule has 1 unspecified atom stereocenters. The number of hydrogen-bond acceptors (Lipinski definition) is 6. The molecule has 3 aromatic carbocycles. The maximum atomic E-state index is 12.8. The van der Waals surface area contributed by atoms with Crippen molar-refractivity contribution in [2.24, 2.45) is 11.0 Å². The highest BCUT2D eigenvalue weighted by molar-refractivity contribution is 9.10. The monoisotopic (exact) mass is 645 g/mol. The van der Waals surface area contributed by atoms with Crippen LogP contribution >= 0.6 is 31.9 Å². The van der Waals surface area contributed by atoms with Crippen molar-refractivity contribution < 1.29 is 23.8 Å². The average molecular weight is 647 g/mol. The van der Waals surface area contributed by atoms with Gasteiger partial charge in [-0.1, -0.05) is 41.9 Å².